The first kappa shape index (κ1) is 11.8. The van der Waals surface area contributed by atoms with Gasteiger partial charge in [-0.3, -0.25) is 4.79 Å². The molecule has 4 heteroatoms. The van der Waals surface area contributed by atoms with Gasteiger partial charge in [-0.05, 0) is 18.9 Å². The fourth-order valence-corrected chi connectivity index (χ4v) is 2.62. The van der Waals surface area contributed by atoms with Gasteiger partial charge in [0.15, 0.2) is 0 Å². The quantitative estimate of drug-likeness (QED) is 0.845. The Morgan fingerprint density at radius 3 is 2.47 bits per heavy atom. The van der Waals surface area contributed by atoms with E-state index in [-0.39, 0.29) is 5.75 Å². The minimum absolute atomic E-state index is 0.00801. The Labute approximate surface area is 99.8 Å². The number of carboxylic acids is 1. The van der Waals surface area contributed by atoms with E-state index < -0.39 is 11.4 Å². The van der Waals surface area contributed by atoms with E-state index in [4.69, 9.17) is 4.74 Å². The van der Waals surface area contributed by atoms with Crippen LogP contribution in [-0.2, 0) is 10.2 Å². The van der Waals surface area contributed by atoms with E-state index in [1.807, 2.05) is 0 Å². The summed E-state index contributed by atoms with van der Waals surface area (Å²) in [5, 5.41) is 19.4. The van der Waals surface area contributed by atoms with Gasteiger partial charge in [0.25, 0.3) is 0 Å². The summed E-state index contributed by atoms with van der Waals surface area (Å²) >= 11 is 0. The molecule has 4 nitrogen and oxygen atoms in total. The SMILES string of the molecule is COc1ccc(C2(C(=O)O)CCCC2)c(O)c1. The maximum atomic E-state index is 11.5. The molecule has 1 saturated carbocycles. The van der Waals surface area contributed by atoms with Crippen LogP contribution in [-0.4, -0.2) is 23.3 Å². The summed E-state index contributed by atoms with van der Waals surface area (Å²) in [6.45, 7) is 0. The van der Waals surface area contributed by atoms with E-state index in [1.54, 1.807) is 12.1 Å². The number of aromatic hydroxyl groups is 1. The number of phenolic OH excluding ortho intramolecular Hbond substituents is 1. The highest BCUT2D eigenvalue weighted by molar-refractivity contribution is 5.83. The fraction of sp³-hybridized carbons (Fsp3) is 0.462. The molecule has 2 N–H and O–H groups in total. The summed E-state index contributed by atoms with van der Waals surface area (Å²) < 4.78 is 5.00. The molecule has 92 valence electrons. The van der Waals surface area contributed by atoms with Crippen LogP contribution in [0.5, 0.6) is 11.5 Å². The number of carbonyl (C=O) groups is 1. The van der Waals surface area contributed by atoms with Gasteiger partial charge in [-0.15, -0.1) is 0 Å². The van der Waals surface area contributed by atoms with Crippen molar-refractivity contribution < 1.29 is 19.7 Å². The molecule has 0 saturated heterocycles. The minimum atomic E-state index is -0.920. The van der Waals surface area contributed by atoms with Crippen molar-refractivity contribution in [1.82, 2.24) is 0 Å². The summed E-state index contributed by atoms with van der Waals surface area (Å²) in [7, 11) is 1.51. The predicted octanol–water partition coefficient (Wildman–Crippen LogP) is 2.30. The zero-order valence-electron chi connectivity index (χ0n) is 9.77. The van der Waals surface area contributed by atoms with Crippen LogP contribution in [0.4, 0.5) is 0 Å². The van der Waals surface area contributed by atoms with Gasteiger partial charge < -0.3 is 14.9 Å². The fourth-order valence-electron chi connectivity index (χ4n) is 2.62. The lowest BCUT2D eigenvalue weighted by atomic mass is 9.78. The van der Waals surface area contributed by atoms with Crippen molar-refractivity contribution in [2.24, 2.45) is 0 Å². The van der Waals surface area contributed by atoms with Gasteiger partial charge in [0.2, 0.25) is 0 Å². The molecule has 1 aromatic carbocycles. The summed E-state index contributed by atoms with van der Waals surface area (Å²) in [6.07, 6.45) is 2.94. The lowest BCUT2D eigenvalue weighted by Crippen LogP contribution is -2.32. The number of hydrogen-bond donors (Lipinski definition) is 2. The molecule has 0 bridgehead atoms. The van der Waals surface area contributed by atoms with Gasteiger partial charge in [0, 0.05) is 11.6 Å². The topological polar surface area (TPSA) is 66.8 Å². The van der Waals surface area contributed by atoms with E-state index >= 15 is 0 Å². The Balaban J connectivity index is 2.47. The van der Waals surface area contributed by atoms with Crippen molar-refractivity contribution in [3.8, 4) is 11.5 Å². The average molecular weight is 236 g/mol. The second-order valence-corrected chi connectivity index (χ2v) is 4.48. The van der Waals surface area contributed by atoms with Gasteiger partial charge in [0.05, 0.1) is 12.5 Å². The third kappa shape index (κ3) is 1.84. The molecule has 0 aromatic heterocycles. The van der Waals surface area contributed by atoms with Gasteiger partial charge >= 0.3 is 5.97 Å². The smallest absolute Gasteiger partial charge is 0.314 e. The summed E-state index contributed by atoms with van der Waals surface area (Å²) in [5.74, 6) is -0.311. The zero-order chi connectivity index (χ0) is 12.5. The summed E-state index contributed by atoms with van der Waals surface area (Å²) in [6, 6.07) is 4.82. The van der Waals surface area contributed by atoms with Gasteiger partial charge in [-0.25, -0.2) is 0 Å². The maximum absolute atomic E-state index is 11.5. The van der Waals surface area contributed by atoms with Crippen LogP contribution in [0.3, 0.4) is 0 Å². The van der Waals surface area contributed by atoms with Crippen LogP contribution in [0, 0.1) is 0 Å². The standard InChI is InChI=1S/C13H16O4/c1-17-9-4-5-10(11(14)8-9)13(12(15)16)6-2-3-7-13/h4-5,8,14H,2-3,6-7H2,1H3,(H,15,16). The number of methoxy groups -OCH3 is 1. The van der Waals surface area contributed by atoms with Crippen molar-refractivity contribution in [1.29, 1.82) is 0 Å². The van der Waals surface area contributed by atoms with Crippen LogP contribution in [0.25, 0.3) is 0 Å². The number of phenols is 1. The van der Waals surface area contributed by atoms with Crippen molar-refractivity contribution >= 4 is 5.97 Å². The maximum Gasteiger partial charge on any atom is 0.314 e. The van der Waals surface area contributed by atoms with Crippen LogP contribution >= 0.6 is 0 Å². The first-order valence-electron chi connectivity index (χ1n) is 5.71. The van der Waals surface area contributed by atoms with E-state index in [0.717, 1.165) is 12.8 Å². The Morgan fingerprint density at radius 2 is 2.00 bits per heavy atom. The molecular formula is C13H16O4. The van der Waals surface area contributed by atoms with Crippen molar-refractivity contribution in [2.75, 3.05) is 7.11 Å². The lowest BCUT2D eigenvalue weighted by Gasteiger charge is -2.25. The van der Waals surface area contributed by atoms with E-state index in [9.17, 15) is 15.0 Å². The number of hydrogen-bond acceptors (Lipinski definition) is 3. The summed E-state index contributed by atoms with van der Waals surface area (Å²) in [4.78, 5) is 11.5. The number of benzene rings is 1. The Bertz CT molecular complexity index is 433. The molecule has 0 heterocycles. The third-order valence-electron chi connectivity index (χ3n) is 3.59. The van der Waals surface area contributed by atoms with Gasteiger partial charge in [0.1, 0.15) is 11.5 Å². The predicted molar refractivity (Wildman–Crippen MR) is 62.4 cm³/mol. The highest BCUT2D eigenvalue weighted by Gasteiger charge is 2.44. The molecule has 2 rings (SSSR count). The molecule has 1 aliphatic rings. The normalized spacial score (nSPS) is 17.9. The van der Waals surface area contributed by atoms with Crippen molar-refractivity contribution in [2.45, 2.75) is 31.1 Å². The lowest BCUT2D eigenvalue weighted by molar-refractivity contribution is -0.143. The second kappa shape index (κ2) is 4.28. The zero-order valence-corrected chi connectivity index (χ0v) is 9.77. The Kier molecular flexibility index (Phi) is 2.96. The molecule has 0 spiro atoms. The first-order valence-corrected chi connectivity index (χ1v) is 5.71. The van der Waals surface area contributed by atoms with E-state index in [2.05, 4.69) is 0 Å². The van der Waals surface area contributed by atoms with E-state index in [1.165, 1.54) is 13.2 Å². The van der Waals surface area contributed by atoms with Crippen LogP contribution in [0.1, 0.15) is 31.2 Å². The van der Waals surface area contributed by atoms with Crippen molar-refractivity contribution in [3.63, 3.8) is 0 Å². The highest BCUT2D eigenvalue weighted by Crippen LogP contribution is 2.45. The average Bonchev–Trinajstić information content (AvgIpc) is 2.79. The molecule has 1 aromatic rings. The molecule has 0 amide bonds. The first-order chi connectivity index (χ1) is 8.10. The molecule has 17 heavy (non-hydrogen) atoms. The summed E-state index contributed by atoms with van der Waals surface area (Å²) in [5.41, 5.74) is -0.417. The van der Waals surface area contributed by atoms with Crippen LogP contribution in [0.2, 0.25) is 0 Å². The molecule has 0 aliphatic heterocycles. The molecule has 1 aliphatic carbocycles. The van der Waals surface area contributed by atoms with Gasteiger partial charge in [-0.1, -0.05) is 18.9 Å². The monoisotopic (exact) mass is 236 g/mol. The Morgan fingerprint density at radius 1 is 1.35 bits per heavy atom. The molecular weight excluding hydrogens is 220 g/mol. The molecule has 0 atom stereocenters. The van der Waals surface area contributed by atoms with Crippen LogP contribution in [0.15, 0.2) is 18.2 Å². The number of ether oxygens (including phenoxy) is 1. The largest absolute Gasteiger partial charge is 0.507 e. The van der Waals surface area contributed by atoms with E-state index in [0.29, 0.717) is 24.2 Å². The number of aliphatic carboxylic acids is 1. The number of rotatable bonds is 3. The molecule has 1 fully saturated rings. The highest BCUT2D eigenvalue weighted by atomic mass is 16.5. The van der Waals surface area contributed by atoms with Crippen molar-refractivity contribution in [3.05, 3.63) is 23.8 Å². The third-order valence-corrected chi connectivity index (χ3v) is 3.59. The number of carboxylic acid groups (broad SMARTS) is 1. The Hall–Kier alpha value is -1.71. The second-order valence-electron chi connectivity index (χ2n) is 4.48. The molecule has 0 unspecified atom stereocenters. The van der Waals surface area contributed by atoms with Gasteiger partial charge in [-0.2, -0.15) is 0 Å². The van der Waals surface area contributed by atoms with Crippen LogP contribution < -0.4 is 4.74 Å². The minimum Gasteiger partial charge on any atom is -0.507 e. The molecule has 0 radical (unpaired) electrons.